The van der Waals surface area contributed by atoms with Gasteiger partial charge in [-0.05, 0) is 25.0 Å². The van der Waals surface area contributed by atoms with Gasteiger partial charge in [-0.3, -0.25) is 9.78 Å². The molecule has 22 heavy (non-hydrogen) atoms. The molecular weight excluding hydrogens is 300 g/mol. The van der Waals surface area contributed by atoms with E-state index in [-0.39, 0.29) is 5.91 Å². The van der Waals surface area contributed by atoms with E-state index in [1.165, 1.54) is 24.6 Å². The molecular formula is C15H18N4O2S. The van der Waals surface area contributed by atoms with E-state index >= 15 is 0 Å². The third kappa shape index (κ3) is 3.85. The predicted molar refractivity (Wildman–Crippen MR) is 83.3 cm³/mol. The first kappa shape index (κ1) is 15.0. The number of rotatable bonds is 4. The minimum absolute atomic E-state index is 0.149. The first-order valence-corrected chi connectivity index (χ1v) is 8.46. The highest BCUT2D eigenvalue weighted by Gasteiger charge is 2.17. The van der Waals surface area contributed by atoms with E-state index in [4.69, 9.17) is 4.42 Å². The van der Waals surface area contributed by atoms with Crippen LogP contribution in [0.4, 0.5) is 0 Å². The number of carbonyl (C=O) groups excluding carboxylic acids is 1. The van der Waals surface area contributed by atoms with Gasteiger partial charge < -0.3 is 9.32 Å². The third-order valence-electron chi connectivity index (χ3n) is 3.61. The van der Waals surface area contributed by atoms with Crippen molar-refractivity contribution in [2.75, 3.05) is 18.8 Å². The van der Waals surface area contributed by atoms with Gasteiger partial charge in [0.15, 0.2) is 0 Å². The first-order valence-electron chi connectivity index (χ1n) is 7.47. The summed E-state index contributed by atoms with van der Waals surface area (Å²) in [5.41, 5.74) is 0.827. The Morgan fingerprint density at radius 1 is 1.14 bits per heavy atom. The van der Waals surface area contributed by atoms with Crippen LogP contribution < -0.4 is 0 Å². The summed E-state index contributed by atoms with van der Waals surface area (Å²) >= 11 is 1.30. The normalized spacial score (nSPS) is 15.5. The summed E-state index contributed by atoms with van der Waals surface area (Å²) in [6.07, 6.45) is 7.99. The van der Waals surface area contributed by atoms with Crippen LogP contribution in [0, 0.1) is 0 Å². The van der Waals surface area contributed by atoms with E-state index in [1.54, 1.807) is 12.4 Å². The molecule has 6 nitrogen and oxygen atoms in total. The second-order valence-corrected chi connectivity index (χ2v) is 6.12. The molecule has 3 rings (SSSR count). The van der Waals surface area contributed by atoms with E-state index < -0.39 is 0 Å². The van der Waals surface area contributed by atoms with Crippen molar-refractivity contribution in [1.82, 2.24) is 20.1 Å². The van der Waals surface area contributed by atoms with Crippen molar-refractivity contribution in [1.29, 1.82) is 0 Å². The zero-order valence-electron chi connectivity index (χ0n) is 12.3. The molecule has 0 aliphatic carbocycles. The van der Waals surface area contributed by atoms with Gasteiger partial charge in [-0.15, -0.1) is 10.2 Å². The molecule has 0 bridgehead atoms. The van der Waals surface area contributed by atoms with E-state index in [0.717, 1.165) is 31.5 Å². The quantitative estimate of drug-likeness (QED) is 0.807. The van der Waals surface area contributed by atoms with E-state index in [0.29, 0.717) is 16.9 Å². The van der Waals surface area contributed by atoms with Crippen LogP contribution in [0.25, 0.3) is 11.5 Å². The van der Waals surface area contributed by atoms with Gasteiger partial charge in [0.2, 0.25) is 11.8 Å². The Bertz CT molecular complexity index is 609. The maximum absolute atomic E-state index is 12.2. The molecule has 1 saturated heterocycles. The van der Waals surface area contributed by atoms with Crippen molar-refractivity contribution in [3.05, 3.63) is 24.5 Å². The van der Waals surface area contributed by atoms with E-state index in [1.807, 2.05) is 17.0 Å². The van der Waals surface area contributed by atoms with Crippen molar-refractivity contribution in [3.8, 4) is 11.5 Å². The third-order valence-corrected chi connectivity index (χ3v) is 4.41. The smallest absolute Gasteiger partial charge is 0.277 e. The monoisotopic (exact) mass is 318 g/mol. The van der Waals surface area contributed by atoms with Crippen LogP contribution in [-0.4, -0.2) is 44.8 Å². The summed E-state index contributed by atoms with van der Waals surface area (Å²) in [5.74, 6) is 0.945. The van der Waals surface area contributed by atoms with Crippen LogP contribution in [0.2, 0.25) is 0 Å². The van der Waals surface area contributed by atoms with Crippen molar-refractivity contribution in [2.45, 2.75) is 30.9 Å². The minimum atomic E-state index is 0.149. The lowest BCUT2D eigenvalue weighted by Crippen LogP contribution is -2.33. The topological polar surface area (TPSA) is 72.1 Å². The van der Waals surface area contributed by atoms with Crippen LogP contribution in [0.15, 0.2) is 34.2 Å². The summed E-state index contributed by atoms with van der Waals surface area (Å²) < 4.78 is 5.57. The molecule has 0 atom stereocenters. The number of amides is 1. The predicted octanol–water partition coefficient (Wildman–Crippen LogP) is 2.63. The zero-order chi connectivity index (χ0) is 15.2. The molecule has 0 unspecified atom stereocenters. The number of likely N-dealkylation sites (tertiary alicyclic amines) is 1. The number of aromatic nitrogens is 3. The fourth-order valence-electron chi connectivity index (χ4n) is 2.41. The fourth-order valence-corrected chi connectivity index (χ4v) is 3.08. The molecule has 7 heteroatoms. The first-order chi connectivity index (χ1) is 10.8. The summed E-state index contributed by atoms with van der Waals surface area (Å²) in [6.45, 7) is 1.73. The van der Waals surface area contributed by atoms with Gasteiger partial charge in [0.1, 0.15) is 0 Å². The van der Waals surface area contributed by atoms with Crippen LogP contribution in [0.3, 0.4) is 0 Å². The number of pyridine rings is 1. The molecule has 0 N–H and O–H groups in total. The van der Waals surface area contributed by atoms with E-state index in [2.05, 4.69) is 15.2 Å². The molecule has 1 aliphatic heterocycles. The molecule has 2 aromatic rings. The Morgan fingerprint density at radius 3 is 2.59 bits per heavy atom. The highest BCUT2D eigenvalue weighted by molar-refractivity contribution is 7.99. The Labute approximate surface area is 133 Å². The Kier molecular flexibility index (Phi) is 5.05. The standard InChI is InChI=1S/C15H18N4O2S/c20-13(19-9-3-1-2-4-10-19)11-22-15-18-17-14(21-15)12-5-7-16-8-6-12/h5-8H,1-4,9-11H2. The molecule has 3 heterocycles. The van der Waals surface area contributed by atoms with Crippen molar-refractivity contribution >= 4 is 17.7 Å². The second kappa shape index (κ2) is 7.40. The number of thioether (sulfide) groups is 1. The number of carbonyl (C=O) groups is 1. The van der Waals surface area contributed by atoms with Gasteiger partial charge in [0.05, 0.1) is 5.75 Å². The molecule has 1 aliphatic rings. The molecule has 2 aromatic heterocycles. The van der Waals surface area contributed by atoms with Crippen molar-refractivity contribution in [3.63, 3.8) is 0 Å². The number of hydrogen-bond donors (Lipinski definition) is 0. The Hall–Kier alpha value is -1.89. The molecule has 116 valence electrons. The zero-order valence-corrected chi connectivity index (χ0v) is 13.1. The summed E-state index contributed by atoms with van der Waals surface area (Å²) in [6, 6.07) is 3.62. The van der Waals surface area contributed by atoms with Gasteiger partial charge in [-0.1, -0.05) is 24.6 Å². The molecule has 1 fully saturated rings. The van der Waals surface area contributed by atoms with Crippen LogP contribution >= 0.6 is 11.8 Å². The van der Waals surface area contributed by atoms with Crippen molar-refractivity contribution in [2.24, 2.45) is 0 Å². The second-order valence-electron chi connectivity index (χ2n) is 5.19. The molecule has 0 radical (unpaired) electrons. The van der Waals surface area contributed by atoms with Crippen molar-refractivity contribution < 1.29 is 9.21 Å². The lowest BCUT2D eigenvalue weighted by molar-refractivity contribution is -0.128. The highest BCUT2D eigenvalue weighted by Crippen LogP contribution is 2.23. The largest absolute Gasteiger partial charge is 0.411 e. The van der Waals surface area contributed by atoms with Crippen LogP contribution in [-0.2, 0) is 4.79 Å². The van der Waals surface area contributed by atoms with Gasteiger partial charge >= 0.3 is 0 Å². The Balaban J connectivity index is 1.55. The minimum Gasteiger partial charge on any atom is -0.411 e. The fraction of sp³-hybridized carbons (Fsp3) is 0.467. The van der Waals surface area contributed by atoms with Gasteiger partial charge in [0.25, 0.3) is 5.22 Å². The van der Waals surface area contributed by atoms with Gasteiger partial charge in [0, 0.05) is 31.0 Å². The maximum Gasteiger partial charge on any atom is 0.277 e. The maximum atomic E-state index is 12.2. The van der Waals surface area contributed by atoms with Gasteiger partial charge in [-0.2, -0.15) is 0 Å². The number of nitrogens with zero attached hydrogens (tertiary/aromatic N) is 4. The van der Waals surface area contributed by atoms with E-state index in [9.17, 15) is 4.79 Å². The molecule has 0 spiro atoms. The number of hydrogen-bond acceptors (Lipinski definition) is 6. The van der Waals surface area contributed by atoms with Crippen LogP contribution in [0.1, 0.15) is 25.7 Å². The molecule has 0 aromatic carbocycles. The average Bonchev–Trinajstić information content (AvgIpc) is 2.87. The van der Waals surface area contributed by atoms with Crippen LogP contribution in [0.5, 0.6) is 0 Å². The molecule has 1 amide bonds. The Morgan fingerprint density at radius 2 is 1.86 bits per heavy atom. The highest BCUT2D eigenvalue weighted by atomic mass is 32.2. The summed E-state index contributed by atoms with van der Waals surface area (Å²) in [5, 5.41) is 8.41. The SMILES string of the molecule is O=C(CSc1nnc(-c2ccncc2)o1)N1CCCCCC1. The lowest BCUT2D eigenvalue weighted by atomic mass is 10.2. The summed E-state index contributed by atoms with van der Waals surface area (Å²) in [7, 11) is 0. The summed E-state index contributed by atoms with van der Waals surface area (Å²) in [4.78, 5) is 18.1. The molecule has 0 saturated carbocycles. The van der Waals surface area contributed by atoms with Gasteiger partial charge in [-0.25, -0.2) is 0 Å². The lowest BCUT2D eigenvalue weighted by Gasteiger charge is -2.19. The average molecular weight is 318 g/mol.